The van der Waals surface area contributed by atoms with E-state index in [1.165, 1.54) is 19.3 Å². The van der Waals surface area contributed by atoms with Gasteiger partial charge in [-0.05, 0) is 12.3 Å². The van der Waals surface area contributed by atoms with Crippen molar-refractivity contribution in [3.05, 3.63) is 29.8 Å². The van der Waals surface area contributed by atoms with E-state index in [4.69, 9.17) is 28.4 Å². The van der Waals surface area contributed by atoms with Crippen molar-refractivity contribution in [2.45, 2.75) is 64.3 Å². The molecule has 0 spiro atoms. The van der Waals surface area contributed by atoms with E-state index in [0.29, 0.717) is 25.7 Å². The fraction of sp³-hybridized carbons (Fsp3) is 0.630. The molecule has 6 nitrogen and oxygen atoms in total. The summed E-state index contributed by atoms with van der Waals surface area (Å²) in [6.45, 7) is 8.43. The summed E-state index contributed by atoms with van der Waals surface area (Å²) in [5.74, 6) is 3.09. The number of hydrogen-bond acceptors (Lipinski definition) is 6. The molecular formula is C27H36O6. The average Bonchev–Trinajstić information content (AvgIpc) is 3.69. The number of ether oxygens (including phenoxy) is 6. The zero-order chi connectivity index (χ0) is 22.6. The lowest BCUT2D eigenvalue weighted by Gasteiger charge is -2.25. The van der Waals surface area contributed by atoms with Crippen molar-refractivity contribution in [1.82, 2.24) is 0 Å². The van der Waals surface area contributed by atoms with Gasteiger partial charge in [0.15, 0.2) is 11.5 Å². The Balaban J connectivity index is 1.57. The molecule has 4 atom stereocenters. The Morgan fingerprint density at radius 2 is 1.30 bits per heavy atom. The first-order valence-electron chi connectivity index (χ1n) is 12.6. The average molecular weight is 457 g/mol. The van der Waals surface area contributed by atoms with Crippen LogP contribution in [-0.4, -0.2) is 58.0 Å². The van der Waals surface area contributed by atoms with E-state index in [0.717, 1.165) is 66.2 Å². The quantitative estimate of drug-likeness (QED) is 0.354. The van der Waals surface area contributed by atoms with E-state index in [1.807, 2.05) is 6.07 Å². The molecule has 4 unspecified atom stereocenters. The van der Waals surface area contributed by atoms with E-state index in [2.05, 4.69) is 32.0 Å². The molecule has 5 rings (SSSR count). The molecule has 3 saturated heterocycles. The van der Waals surface area contributed by atoms with Crippen LogP contribution in [0.15, 0.2) is 24.3 Å². The predicted molar refractivity (Wildman–Crippen MR) is 127 cm³/mol. The van der Waals surface area contributed by atoms with Gasteiger partial charge in [0.05, 0.1) is 19.8 Å². The number of epoxide rings is 3. The second-order valence-corrected chi connectivity index (χ2v) is 9.43. The Hall–Kier alpha value is -2.02. The smallest absolute Gasteiger partial charge is 0.169 e. The molecule has 3 fully saturated rings. The zero-order valence-electron chi connectivity index (χ0n) is 19.8. The molecule has 0 aliphatic carbocycles. The first kappa shape index (κ1) is 22.8. The van der Waals surface area contributed by atoms with Crippen LogP contribution in [0.2, 0.25) is 0 Å². The maximum Gasteiger partial charge on any atom is 0.169 e. The summed E-state index contributed by atoms with van der Waals surface area (Å²) in [5, 5.41) is 2.09. The van der Waals surface area contributed by atoms with Crippen LogP contribution in [0.1, 0.15) is 45.1 Å². The molecule has 0 radical (unpaired) electrons. The lowest BCUT2D eigenvalue weighted by atomic mass is 9.89. The fourth-order valence-corrected chi connectivity index (χ4v) is 4.30. The fourth-order valence-electron chi connectivity index (χ4n) is 4.30. The first-order chi connectivity index (χ1) is 16.3. The summed E-state index contributed by atoms with van der Waals surface area (Å²) in [6, 6.07) is 8.33. The van der Waals surface area contributed by atoms with Gasteiger partial charge in [0.1, 0.15) is 43.9 Å². The van der Waals surface area contributed by atoms with Gasteiger partial charge in [-0.2, -0.15) is 0 Å². The Morgan fingerprint density at radius 1 is 0.788 bits per heavy atom. The van der Waals surface area contributed by atoms with Gasteiger partial charge < -0.3 is 28.4 Å². The highest BCUT2D eigenvalue weighted by Gasteiger charge is 2.31. The second kappa shape index (κ2) is 10.5. The summed E-state index contributed by atoms with van der Waals surface area (Å²) in [4.78, 5) is 0. The van der Waals surface area contributed by atoms with Gasteiger partial charge in [0.25, 0.3) is 0 Å². The Labute approximate surface area is 196 Å². The number of unbranched alkanes of at least 4 members (excludes halogenated alkanes) is 1. The molecule has 0 amide bonds. The summed E-state index contributed by atoms with van der Waals surface area (Å²) in [6.07, 6.45) is 6.17. The summed E-state index contributed by atoms with van der Waals surface area (Å²) >= 11 is 0. The minimum atomic E-state index is 0.162. The van der Waals surface area contributed by atoms with E-state index >= 15 is 0 Å². The summed E-state index contributed by atoms with van der Waals surface area (Å²) in [5.41, 5.74) is 1.12. The van der Waals surface area contributed by atoms with Crippen molar-refractivity contribution in [3.8, 4) is 17.2 Å². The lowest BCUT2D eigenvalue weighted by molar-refractivity contribution is 0.223. The molecule has 33 heavy (non-hydrogen) atoms. The third-order valence-electron chi connectivity index (χ3n) is 6.65. The maximum absolute atomic E-state index is 6.46. The molecular weight excluding hydrogens is 420 g/mol. The van der Waals surface area contributed by atoms with Gasteiger partial charge in [0, 0.05) is 16.3 Å². The minimum Gasteiger partial charge on any atom is -0.490 e. The Morgan fingerprint density at radius 3 is 1.82 bits per heavy atom. The first-order valence-corrected chi connectivity index (χ1v) is 12.6. The lowest BCUT2D eigenvalue weighted by Crippen LogP contribution is -2.15. The molecule has 6 heteroatoms. The molecule has 0 saturated carbocycles. The van der Waals surface area contributed by atoms with Gasteiger partial charge >= 0.3 is 0 Å². The highest BCUT2D eigenvalue weighted by Crippen LogP contribution is 2.48. The van der Waals surface area contributed by atoms with E-state index in [-0.39, 0.29) is 18.3 Å². The van der Waals surface area contributed by atoms with Gasteiger partial charge in [-0.1, -0.05) is 63.8 Å². The SMILES string of the molecule is CCCCC(CC)Cc1c(OCC2CO2)c(OCC2CO2)c2ccccc2c1OCC1CO1. The van der Waals surface area contributed by atoms with Crippen LogP contribution >= 0.6 is 0 Å². The molecule has 0 bridgehead atoms. The van der Waals surface area contributed by atoms with Gasteiger partial charge in [-0.25, -0.2) is 0 Å². The van der Waals surface area contributed by atoms with E-state index in [1.54, 1.807) is 0 Å². The number of hydrogen-bond donors (Lipinski definition) is 0. The molecule has 0 aromatic heterocycles. The molecule has 3 heterocycles. The minimum absolute atomic E-state index is 0.162. The van der Waals surface area contributed by atoms with Crippen molar-refractivity contribution in [2.24, 2.45) is 5.92 Å². The van der Waals surface area contributed by atoms with Gasteiger partial charge in [0.2, 0.25) is 0 Å². The largest absolute Gasteiger partial charge is 0.490 e. The standard InChI is InChI=1S/C27H36O6/c1-3-5-8-18(4-2)11-24-25(31-15-19-12-28-19)22-9-6-7-10-23(22)26(32-16-20-13-29-20)27(24)33-17-21-14-30-21/h6-7,9-10,18-21H,3-5,8,11-17H2,1-2H3. The van der Waals surface area contributed by atoms with Crippen molar-refractivity contribution in [1.29, 1.82) is 0 Å². The molecule has 2 aromatic rings. The van der Waals surface area contributed by atoms with Crippen LogP contribution in [0.25, 0.3) is 10.8 Å². The Bertz CT molecular complexity index is 932. The van der Waals surface area contributed by atoms with Crippen molar-refractivity contribution >= 4 is 10.8 Å². The number of benzene rings is 2. The Kier molecular flexibility index (Phi) is 7.24. The maximum atomic E-state index is 6.46. The highest BCUT2D eigenvalue weighted by atomic mass is 16.6. The van der Waals surface area contributed by atoms with Crippen LogP contribution in [0.3, 0.4) is 0 Å². The monoisotopic (exact) mass is 456 g/mol. The van der Waals surface area contributed by atoms with Crippen LogP contribution < -0.4 is 14.2 Å². The number of fused-ring (bicyclic) bond motifs is 1. The molecule has 0 N–H and O–H groups in total. The van der Waals surface area contributed by atoms with Gasteiger partial charge in [-0.15, -0.1) is 0 Å². The van der Waals surface area contributed by atoms with Crippen molar-refractivity contribution < 1.29 is 28.4 Å². The molecule has 2 aromatic carbocycles. The topological polar surface area (TPSA) is 65.3 Å². The number of rotatable bonds is 15. The van der Waals surface area contributed by atoms with Crippen LogP contribution in [0.5, 0.6) is 17.2 Å². The van der Waals surface area contributed by atoms with Crippen molar-refractivity contribution in [3.63, 3.8) is 0 Å². The summed E-state index contributed by atoms with van der Waals surface area (Å²) in [7, 11) is 0. The molecule has 180 valence electrons. The van der Waals surface area contributed by atoms with Crippen LogP contribution in [-0.2, 0) is 20.6 Å². The molecule has 3 aliphatic heterocycles. The van der Waals surface area contributed by atoms with E-state index in [9.17, 15) is 0 Å². The third kappa shape index (κ3) is 5.92. The van der Waals surface area contributed by atoms with E-state index < -0.39 is 0 Å². The third-order valence-corrected chi connectivity index (χ3v) is 6.65. The predicted octanol–water partition coefficient (Wildman–Crippen LogP) is 4.93. The van der Waals surface area contributed by atoms with Crippen LogP contribution in [0.4, 0.5) is 0 Å². The summed E-state index contributed by atoms with van der Waals surface area (Å²) < 4.78 is 35.6. The van der Waals surface area contributed by atoms with Crippen LogP contribution in [0, 0.1) is 5.92 Å². The van der Waals surface area contributed by atoms with Gasteiger partial charge in [-0.3, -0.25) is 0 Å². The molecule has 3 aliphatic rings. The normalized spacial score (nSPS) is 23.9. The second-order valence-electron chi connectivity index (χ2n) is 9.43. The highest BCUT2D eigenvalue weighted by molar-refractivity contribution is 5.97. The zero-order valence-corrected chi connectivity index (χ0v) is 19.8. The van der Waals surface area contributed by atoms with Crippen molar-refractivity contribution in [2.75, 3.05) is 39.6 Å².